The molecule has 0 amide bonds. The molecule has 6 heteroatoms. The van der Waals surface area contributed by atoms with Gasteiger partial charge in [0.05, 0.1) is 0 Å². The largest absolute Gasteiger partial charge is 0.462 e. The van der Waals surface area contributed by atoms with Crippen LogP contribution < -0.4 is 0 Å². The van der Waals surface area contributed by atoms with E-state index in [0.717, 1.165) is 69.6 Å². The van der Waals surface area contributed by atoms with Crippen LogP contribution in [-0.2, 0) is 28.6 Å². The van der Waals surface area contributed by atoms with Gasteiger partial charge in [-0.15, -0.1) is 0 Å². The number of rotatable bonds is 49. The quantitative estimate of drug-likeness (QED) is 0.0344. The number of ether oxygens (including phenoxy) is 3. The molecule has 0 aliphatic carbocycles. The summed E-state index contributed by atoms with van der Waals surface area (Å²) in [5.41, 5.74) is 0. The third-order valence-corrected chi connectivity index (χ3v) is 12.8. The molecule has 0 heterocycles. The molecule has 0 radical (unpaired) electrons. The van der Waals surface area contributed by atoms with Crippen molar-refractivity contribution < 1.29 is 28.6 Å². The van der Waals surface area contributed by atoms with Crippen molar-refractivity contribution in [3.63, 3.8) is 0 Å². The predicted molar refractivity (Wildman–Crippen MR) is 261 cm³/mol. The summed E-state index contributed by atoms with van der Waals surface area (Å²) in [6, 6.07) is 0. The molecule has 0 aromatic rings. The molecular formula is C55H106O6. The molecular weight excluding hydrogens is 757 g/mol. The van der Waals surface area contributed by atoms with Crippen LogP contribution in [0.3, 0.4) is 0 Å². The van der Waals surface area contributed by atoms with Crippen LogP contribution in [0.1, 0.15) is 304 Å². The molecule has 2 atom stereocenters. The van der Waals surface area contributed by atoms with Crippen LogP contribution in [0, 0.1) is 11.8 Å². The fourth-order valence-electron chi connectivity index (χ4n) is 8.31. The summed E-state index contributed by atoms with van der Waals surface area (Å²) in [5, 5.41) is 0. The maximum absolute atomic E-state index is 12.8. The number of carbonyl (C=O) groups excluding carboxylic acids is 3. The van der Waals surface area contributed by atoms with Crippen LogP contribution in [0.4, 0.5) is 0 Å². The average Bonchev–Trinajstić information content (AvgIpc) is 3.24. The summed E-state index contributed by atoms with van der Waals surface area (Å²) >= 11 is 0. The van der Waals surface area contributed by atoms with Gasteiger partial charge in [0.2, 0.25) is 0 Å². The van der Waals surface area contributed by atoms with Crippen molar-refractivity contribution in [1.29, 1.82) is 0 Å². The summed E-state index contributed by atoms with van der Waals surface area (Å²) in [6.45, 7) is 11.4. The van der Waals surface area contributed by atoms with Crippen molar-refractivity contribution in [2.24, 2.45) is 11.8 Å². The molecule has 61 heavy (non-hydrogen) atoms. The van der Waals surface area contributed by atoms with Crippen LogP contribution in [0.5, 0.6) is 0 Å². The van der Waals surface area contributed by atoms with E-state index in [4.69, 9.17) is 14.2 Å². The Bertz CT molecular complexity index is 933. The second-order valence-corrected chi connectivity index (χ2v) is 19.6. The second-order valence-electron chi connectivity index (χ2n) is 19.6. The first-order chi connectivity index (χ1) is 29.8. The van der Waals surface area contributed by atoms with Crippen LogP contribution in [0.25, 0.3) is 0 Å². The fraction of sp³-hybridized carbons (Fsp3) is 0.945. The summed E-state index contributed by atoms with van der Waals surface area (Å²) in [5.74, 6) is 0.846. The zero-order valence-corrected chi connectivity index (χ0v) is 41.8. The Kier molecular flexibility index (Phi) is 46.6. The average molecular weight is 863 g/mol. The molecule has 0 bridgehead atoms. The first-order valence-corrected chi connectivity index (χ1v) is 27.3. The Morgan fingerprint density at radius 3 is 0.934 bits per heavy atom. The first kappa shape index (κ1) is 59.4. The molecule has 0 aliphatic heterocycles. The van der Waals surface area contributed by atoms with E-state index in [-0.39, 0.29) is 31.1 Å². The Morgan fingerprint density at radius 2 is 0.623 bits per heavy atom. The third kappa shape index (κ3) is 47.7. The Hall–Kier alpha value is -1.59. The lowest BCUT2D eigenvalue weighted by atomic mass is 9.99. The highest BCUT2D eigenvalue weighted by Crippen LogP contribution is 2.18. The third-order valence-electron chi connectivity index (χ3n) is 12.8. The molecule has 0 saturated carbocycles. The van der Waals surface area contributed by atoms with E-state index >= 15 is 0 Å². The zero-order valence-electron chi connectivity index (χ0n) is 41.8. The van der Waals surface area contributed by atoms with Gasteiger partial charge in [-0.2, -0.15) is 0 Å². The van der Waals surface area contributed by atoms with Crippen molar-refractivity contribution in [3.05, 3.63) is 0 Å². The van der Waals surface area contributed by atoms with Gasteiger partial charge in [-0.3, -0.25) is 14.4 Å². The number of unbranched alkanes of at least 4 members (excludes halogenated alkanes) is 33. The lowest BCUT2D eigenvalue weighted by Gasteiger charge is -2.18. The van der Waals surface area contributed by atoms with E-state index < -0.39 is 6.10 Å². The summed E-state index contributed by atoms with van der Waals surface area (Å²) in [6.07, 6.45) is 49.4. The number of carbonyl (C=O) groups is 3. The molecule has 0 aliphatic rings. The van der Waals surface area contributed by atoms with Gasteiger partial charge in [0.1, 0.15) is 13.2 Å². The van der Waals surface area contributed by atoms with Crippen LogP contribution >= 0.6 is 0 Å². The van der Waals surface area contributed by atoms with Gasteiger partial charge in [-0.25, -0.2) is 0 Å². The molecule has 0 aromatic carbocycles. The predicted octanol–water partition coefficient (Wildman–Crippen LogP) is 17.7. The van der Waals surface area contributed by atoms with E-state index in [1.165, 1.54) is 193 Å². The normalized spacial score (nSPS) is 12.5. The van der Waals surface area contributed by atoms with Gasteiger partial charge in [0.25, 0.3) is 0 Å². The van der Waals surface area contributed by atoms with Crippen LogP contribution in [-0.4, -0.2) is 37.2 Å². The molecule has 1 unspecified atom stereocenters. The van der Waals surface area contributed by atoms with E-state index in [1.54, 1.807) is 0 Å². The molecule has 362 valence electrons. The standard InChI is InChI=1S/C55H106O6/c1-6-8-9-10-11-12-13-14-18-21-24-30-35-40-45-53(56)59-48-52(49-60-54(57)46-41-36-31-27-26-29-34-39-44-51(5)7-2)61-55(58)47-42-37-32-25-22-19-16-15-17-20-23-28-33-38-43-50(3)4/h50-52H,6-49H2,1-5H3/t51?,52-/m0/s1. The topological polar surface area (TPSA) is 78.9 Å². The number of hydrogen-bond acceptors (Lipinski definition) is 6. The summed E-state index contributed by atoms with van der Waals surface area (Å²) in [7, 11) is 0. The smallest absolute Gasteiger partial charge is 0.306 e. The van der Waals surface area contributed by atoms with Crippen LogP contribution in [0.2, 0.25) is 0 Å². The molecule has 6 nitrogen and oxygen atoms in total. The summed E-state index contributed by atoms with van der Waals surface area (Å²) in [4.78, 5) is 38.0. The molecule has 0 saturated heterocycles. The van der Waals surface area contributed by atoms with Gasteiger partial charge in [0.15, 0.2) is 6.10 Å². The van der Waals surface area contributed by atoms with Gasteiger partial charge in [0, 0.05) is 19.3 Å². The Balaban J connectivity index is 4.31. The fourth-order valence-corrected chi connectivity index (χ4v) is 8.31. The van der Waals surface area contributed by atoms with Gasteiger partial charge >= 0.3 is 17.9 Å². The van der Waals surface area contributed by atoms with E-state index in [9.17, 15) is 14.4 Å². The van der Waals surface area contributed by atoms with Crippen molar-refractivity contribution in [3.8, 4) is 0 Å². The maximum Gasteiger partial charge on any atom is 0.306 e. The Labute approximate surface area is 380 Å². The monoisotopic (exact) mass is 863 g/mol. The number of esters is 3. The minimum atomic E-state index is -0.762. The minimum Gasteiger partial charge on any atom is -0.462 e. The molecule has 0 rings (SSSR count). The Morgan fingerprint density at radius 1 is 0.344 bits per heavy atom. The first-order valence-electron chi connectivity index (χ1n) is 27.3. The molecule has 0 N–H and O–H groups in total. The highest BCUT2D eigenvalue weighted by molar-refractivity contribution is 5.71. The molecule has 0 aromatic heterocycles. The lowest BCUT2D eigenvalue weighted by Crippen LogP contribution is -2.30. The van der Waals surface area contributed by atoms with Crippen LogP contribution in [0.15, 0.2) is 0 Å². The van der Waals surface area contributed by atoms with E-state index in [0.29, 0.717) is 19.3 Å². The SMILES string of the molecule is CCCCCCCCCCCCCCCCC(=O)OC[C@@H](COC(=O)CCCCCCCCCCC(C)CC)OC(=O)CCCCCCCCCCCCCCCCC(C)C. The van der Waals surface area contributed by atoms with E-state index in [1.807, 2.05) is 0 Å². The molecule has 0 spiro atoms. The van der Waals surface area contributed by atoms with Gasteiger partial charge < -0.3 is 14.2 Å². The highest BCUT2D eigenvalue weighted by atomic mass is 16.6. The van der Waals surface area contributed by atoms with E-state index in [2.05, 4.69) is 34.6 Å². The lowest BCUT2D eigenvalue weighted by molar-refractivity contribution is -0.167. The summed E-state index contributed by atoms with van der Waals surface area (Å²) < 4.78 is 16.8. The van der Waals surface area contributed by atoms with Crippen molar-refractivity contribution in [2.45, 2.75) is 310 Å². The minimum absolute atomic E-state index is 0.0634. The maximum atomic E-state index is 12.8. The number of hydrogen-bond donors (Lipinski definition) is 0. The zero-order chi connectivity index (χ0) is 44.7. The second kappa shape index (κ2) is 47.9. The molecule has 0 fully saturated rings. The van der Waals surface area contributed by atoms with Crippen molar-refractivity contribution in [2.75, 3.05) is 13.2 Å². The van der Waals surface area contributed by atoms with Gasteiger partial charge in [-0.05, 0) is 31.1 Å². The highest BCUT2D eigenvalue weighted by Gasteiger charge is 2.19. The van der Waals surface area contributed by atoms with Gasteiger partial charge in [-0.1, -0.05) is 266 Å². The van der Waals surface area contributed by atoms with Crippen molar-refractivity contribution >= 4 is 17.9 Å². The van der Waals surface area contributed by atoms with Crippen molar-refractivity contribution in [1.82, 2.24) is 0 Å².